The Labute approximate surface area is 165 Å². The van der Waals surface area contributed by atoms with Crippen LogP contribution in [0.2, 0.25) is 0 Å². The molecule has 0 saturated heterocycles. The number of aryl methyl sites for hydroxylation is 4. The van der Waals surface area contributed by atoms with Crippen molar-refractivity contribution >= 4 is 15.8 Å². The Bertz CT molecular complexity index is 1050. The number of sulfonamides is 1. The van der Waals surface area contributed by atoms with E-state index in [2.05, 4.69) is 20.0 Å². The number of rotatable bonds is 7. The molecule has 0 fully saturated rings. The lowest BCUT2D eigenvalue weighted by Gasteiger charge is -2.14. The van der Waals surface area contributed by atoms with Crippen molar-refractivity contribution in [2.24, 2.45) is 0 Å². The van der Waals surface area contributed by atoms with Crippen LogP contribution in [0.3, 0.4) is 0 Å². The SMILES string of the molecule is Cc1cc(C)c(S(=O)(=O)NCCNc2cc(-n3cccc3)nc(C)n2)c(C)c1. The lowest BCUT2D eigenvalue weighted by Crippen LogP contribution is -2.30. The first-order valence-corrected chi connectivity index (χ1v) is 10.5. The van der Waals surface area contributed by atoms with Crippen molar-refractivity contribution in [2.45, 2.75) is 32.6 Å². The second-order valence-electron chi connectivity index (χ2n) is 6.80. The van der Waals surface area contributed by atoms with Gasteiger partial charge in [-0.3, -0.25) is 0 Å². The third kappa shape index (κ3) is 4.58. The molecule has 0 spiro atoms. The highest BCUT2D eigenvalue weighted by Gasteiger charge is 2.19. The van der Waals surface area contributed by atoms with Gasteiger partial charge in [-0.25, -0.2) is 23.1 Å². The summed E-state index contributed by atoms with van der Waals surface area (Å²) in [6, 6.07) is 9.44. The standard InChI is InChI=1S/C20H25N5O2S/c1-14-11-15(2)20(16(3)12-14)28(26,27)22-8-7-21-18-13-19(24-17(4)23-18)25-9-5-6-10-25/h5-6,9-13,22H,7-8H2,1-4H3,(H,21,23,24). The van der Waals surface area contributed by atoms with Gasteiger partial charge in [-0.15, -0.1) is 0 Å². The van der Waals surface area contributed by atoms with Gasteiger partial charge in [-0.1, -0.05) is 17.7 Å². The minimum atomic E-state index is -3.57. The van der Waals surface area contributed by atoms with Gasteiger partial charge in [0.2, 0.25) is 10.0 Å². The zero-order valence-corrected chi connectivity index (χ0v) is 17.3. The first kappa shape index (κ1) is 20.0. The van der Waals surface area contributed by atoms with Crippen LogP contribution in [0.4, 0.5) is 5.82 Å². The van der Waals surface area contributed by atoms with E-state index in [9.17, 15) is 8.42 Å². The molecule has 0 amide bonds. The van der Waals surface area contributed by atoms with Crippen LogP contribution < -0.4 is 10.0 Å². The molecule has 0 unspecified atom stereocenters. The smallest absolute Gasteiger partial charge is 0.241 e. The maximum atomic E-state index is 12.7. The molecule has 2 aromatic heterocycles. The summed E-state index contributed by atoms with van der Waals surface area (Å²) in [6.07, 6.45) is 3.82. The van der Waals surface area contributed by atoms with E-state index in [-0.39, 0.29) is 6.54 Å². The monoisotopic (exact) mass is 399 g/mol. The van der Waals surface area contributed by atoms with Gasteiger partial charge >= 0.3 is 0 Å². The van der Waals surface area contributed by atoms with E-state index in [1.165, 1.54) is 0 Å². The van der Waals surface area contributed by atoms with E-state index in [0.717, 1.165) is 22.5 Å². The number of hydrogen-bond donors (Lipinski definition) is 2. The molecule has 148 valence electrons. The van der Waals surface area contributed by atoms with Gasteiger partial charge in [0.25, 0.3) is 0 Å². The number of aromatic nitrogens is 3. The van der Waals surface area contributed by atoms with E-state index in [4.69, 9.17) is 0 Å². The lowest BCUT2D eigenvalue weighted by molar-refractivity contribution is 0.581. The molecular weight excluding hydrogens is 374 g/mol. The molecule has 2 heterocycles. The van der Waals surface area contributed by atoms with E-state index in [1.54, 1.807) is 0 Å². The van der Waals surface area contributed by atoms with Gasteiger partial charge in [-0.05, 0) is 51.0 Å². The molecule has 0 aliphatic rings. The quantitative estimate of drug-likeness (QED) is 0.597. The van der Waals surface area contributed by atoms with Crippen molar-refractivity contribution < 1.29 is 8.42 Å². The summed E-state index contributed by atoms with van der Waals surface area (Å²) in [4.78, 5) is 9.12. The molecule has 0 aliphatic heterocycles. The lowest BCUT2D eigenvalue weighted by atomic mass is 10.1. The maximum Gasteiger partial charge on any atom is 0.241 e. The Morgan fingerprint density at radius 1 is 0.929 bits per heavy atom. The molecule has 0 radical (unpaired) electrons. The number of hydrogen-bond acceptors (Lipinski definition) is 5. The summed E-state index contributed by atoms with van der Waals surface area (Å²) in [5.74, 6) is 2.05. The van der Waals surface area contributed by atoms with Crippen LogP contribution in [-0.2, 0) is 10.0 Å². The predicted molar refractivity (Wildman–Crippen MR) is 110 cm³/mol. The Balaban J connectivity index is 1.65. The topological polar surface area (TPSA) is 88.9 Å². The van der Waals surface area contributed by atoms with E-state index < -0.39 is 10.0 Å². The highest BCUT2D eigenvalue weighted by molar-refractivity contribution is 7.89. The fourth-order valence-electron chi connectivity index (χ4n) is 3.30. The average Bonchev–Trinajstić information content (AvgIpc) is 3.12. The van der Waals surface area contributed by atoms with Gasteiger partial charge in [0.15, 0.2) is 0 Å². The summed E-state index contributed by atoms with van der Waals surface area (Å²) in [7, 11) is -3.57. The van der Waals surface area contributed by atoms with Crippen LogP contribution in [0.25, 0.3) is 5.82 Å². The first-order valence-electron chi connectivity index (χ1n) is 9.07. The Kier molecular flexibility index (Phi) is 5.81. The highest BCUT2D eigenvalue weighted by Crippen LogP contribution is 2.21. The van der Waals surface area contributed by atoms with Crippen molar-refractivity contribution in [3.8, 4) is 5.82 Å². The second kappa shape index (κ2) is 8.12. The number of nitrogens with one attached hydrogen (secondary N) is 2. The molecule has 0 atom stereocenters. The Morgan fingerprint density at radius 2 is 1.57 bits per heavy atom. The molecule has 0 bridgehead atoms. The van der Waals surface area contributed by atoms with Crippen LogP contribution in [-0.4, -0.2) is 36.0 Å². The maximum absolute atomic E-state index is 12.7. The molecule has 0 aliphatic carbocycles. The van der Waals surface area contributed by atoms with Crippen molar-refractivity contribution in [2.75, 3.05) is 18.4 Å². The largest absolute Gasteiger partial charge is 0.369 e. The molecule has 1 aromatic carbocycles. The summed E-state index contributed by atoms with van der Waals surface area (Å²) < 4.78 is 29.9. The zero-order valence-electron chi connectivity index (χ0n) is 16.5. The molecule has 7 nitrogen and oxygen atoms in total. The number of benzene rings is 1. The average molecular weight is 400 g/mol. The molecule has 8 heteroatoms. The Hall–Kier alpha value is -2.71. The molecule has 0 saturated carbocycles. The minimum Gasteiger partial charge on any atom is -0.369 e. The molecular formula is C20H25N5O2S. The third-order valence-electron chi connectivity index (χ3n) is 4.29. The molecule has 3 rings (SSSR count). The van der Waals surface area contributed by atoms with Gasteiger partial charge in [0, 0.05) is 31.5 Å². The van der Waals surface area contributed by atoms with Gasteiger partial charge < -0.3 is 9.88 Å². The van der Waals surface area contributed by atoms with E-state index >= 15 is 0 Å². The fraction of sp³-hybridized carbons (Fsp3) is 0.300. The van der Waals surface area contributed by atoms with Crippen LogP contribution >= 0.6 is 0 Å². The van der Waals surface area contributed by atoms with Crippen molar-refractivity contribution in [3.63, 3.8) is 0 Å². The first-order chi connectivity index (χ1) is 13.3. The summed E-state index contributed by atoms with van der Waals surface area (Å²) in [6.45, 7) is 8.07. The normalized spacial score (nSPS) is 11.6. The summed E-state index contributed by atoms with van der Waals surface area (Å²) in [5, 5.41) is 3.16. The van der Waals surface area contributed by atoms with Gasteiger partial charge in [0.05, 0.1) is 4.90 Å². The number of anilines is 1. The highest BCUT2D eigenvalue weighted by atomic mass is 32.2. The third-order valence-corrected chi connectivity index (χ3v) is 6.06. The van der Waals surface area contributed by atoms with Crippen LogP contribution in [0, 0.1) is 27.7 Å². The Morgan fingerprint density at radius 3 is 2.21 bits per heavy atom. The van der Waals surface area contributed by atoms with Crippen LogP contribution in [0.15, 0.2) is 47.6 Å². The second-order valence-corrected chi connectivity index (χ2v) is 8.51. The van der Waals surface area contributed by atoms with Gasteiger partial charge in [0.1, 0.15) is 17.5 Å². The summed E-state index contributed by atoms with van der Waals surface area (Å²) >= 11 is 0. The molecule has 2 N–H and O–H groups in total. The fourth-order valence-corrected chi connectivity index (χ4v) is 4.78. The van der Waals surface area contributed by atoms with Crippen molar-refractivity contribution in [3.05, 3.63) is 65.2 Å². The number of nitrogens with zero attached hydrogens (tertiary/aromatic N) is 3. The summed E-state index contributed by atoms with van der Waals surface area (Å²) in [5.41, 5.74) is 2.55. The predicted octanol–water partition coefficient (Wildman–Crippen LogP) is 2.89. The van der Waals surface area contributed by atoms with E-state index in [0.29, 0.717) is 23.1 Å². The van der Waals surface area contributed by atoms with E-state index in [1.807, 2.05) is 75.0 Å². The van der Waals surface area contributed by atoms with Crippen molar-refractivity contribution in [1.29, 1.82) is 0 Å². The molecule has 28 heavy (non-hydrogen) atoms. The molecule has 3 aromatic rings. The zero-order chi connectivity index (χ0) is 20.3. The van der Waals surface area contributed by atoms with Crippen molar-refractivity contribution in [1.82, 2.24) is 19.3 Å². The van der Waals surface area contributed by atoms with Crippen LogP contribution in [0.1, 0.15) is 22.5 Å². The minimum absolute atomic E-state index is 0.247. The van der Waals surface area contributed by atoms with Gasteiger partial charge in [-0.2, -0.15) is 0 Å². The van der Waals surface area contributed by atoms with Crippen LogP contribution in [0.5, 0.6) is 0 Å².